The molecule has 0 radical (unpaired) electrons. The zero-order valence-electron chi connectivity index (χ0n) is 17.0. The number of carbonyl (C=O) groups excluding carboxylic acids is 2. The van der Waals surface area contributed by atoms with Crippen LogP contribution in [0.3, 0.4) is 0 Å². The van der Waals surface area contributed by atoms with E-state index in [1.165, 1.54) is 9.80 Å². The zero-order valence-corrected chi connectivity index (χ0v) is 17.0. The average molecular weight is 401 g/mol. The summed E-state index contributed by atoms with van der Waals surface area (Å²) in [4.78, 5) is 29.5. The molecule has 3 rings (SSSR count). The third-order valence-corrected chi connectivity index (χ3v) is 5.14. The van der Waals surface area contributed by atoms with E-state index in [0.29, 0.717) is 18.8 Å². The van der Waals surface area contributed by atoms with Crippen molar-refractivity contribution in [2.24, 2.45) is 0 Å². The minimum absolute atomic E-state index is 0.0288. The molecule has 0 atom stereocenters. The molecular weight excluding hydrogens is 372 g/mol. The molecule has 1 saturated heterocycles. The summed E-state index contributed by atoms with van der Waals surface area (Å²) in [5.74, 6) is 1.32. The van der Waals surface area contributed by atoms with E-state index in [0.717, 1.165) is 37.6 Å². The third-order valence-electron chi connectivity index (χ3n) is 5.14. The number of amides is 2. The van der Waals surface area contributed by atoms with Gasteiger partial charge in [-0.05, 0) is 24.3 Å². The molecule has 0 bridgehead atoms. The number of nitrogens with one attached hydrogen (secondary N) is 2. The Morgan fingerprint density at radius 1 is 1.21 bits per heavy atom. The van der Waals surface area contributed by atoms with Gasteiger partial charge in [-0.3, -0.25) is 9.59 Å². The van der Waals surface area contributed by atoms with Crippen LogP contribution in [0.1, 0.15) is 5.76 Å². The predicted octanol–water partition coefficient (Wildman–Crippen LogP) is -0.232. The summed E-state index contributed by atoms with van der Waals surface area (Å²) in [5, 5.41) is 2.76. The molecule has 8 nitrogen and oxygen atoms in total. The van der Waals surface area contributed by atoms with Gasteiger partial charge in [0.2, 0.25) is 5.91 Å². The van der Waals surface area contributed by atoms with Gasteiger partial charge < -0.3 is 29.2 Å². The van der Waals surface area contributed by atoms with Crippen molar-refractivity contribution in [2.45, 2.75) is 6.54 Å². The summed E-state index contributed by atoms with van der Waals surface area (Å²) in [5.41, 5.74) is 1.09. The average Bonchev–Trinajstić information content (AvgIpc) is 3.26. The molecular formula is C21H29N4O4+. The number of hydrogen-bond acceptors (Lipinski definition) is 5. The number of piperazine rings is 1. The second-order valence-electron chi connectivity index (χ2n) is 7.19. The Morgan fingerprint density at radius 2 is 1.97 bits per heavy atom. The SMILES string of the molecule is COc1ccccc1N1CC[NH+](CC(=O)N(C)CC(=O)NCc2ccco2)CC1. The van der Waals surface area contributed by atoms with E-state index in [4.69, 9.17) is 9.15 Å². The quantitative estimate of drug-likeness (QED) is 0.639. The first-order valence-corrected chi connectivity index (χ1v) is 9.81. The van der Waals surface area contributed by atoms with E-state index < -0.39 is 0 Å². The number of anilines is 1. The van der Waals surface area contributed by atoms with Gasteiger partial charge in [0.25, 0.3) is 5.91 Å². The van der Waals surface area contributed by atoms with Crippen LogP contribution in [0.2, 0.25) is 0 Å². The maximum Gasteiger partial charge on any atom is 0.277 e. The number of carbonyl (C=O) groups is 2. The largest absolute Gasteiger partial charge is 0.495 e. The topological polar surface area (TPSA) is 79.5 Å². The smallest absolute Gasteiger partial charge is 0.277 e. The van der Waals surface area contributed by atoms with Crippen molar-refractivity contribution < 1.29 is 23.6 Å². The van der Waals surface area contributed by atoms with Crippen LogP contribution in [0.5, 0.6) is 5.75 Å². The second kappa shape index (κ2) is 9.97. The highest BCUT2D eigenvalue weighted by atomic mass is 16.5. The molecule has 2 aromatic rings. The monoisotopic (exact) mass is 401 g/mol. The van der Waals surface area contributed by atoms with E-state index in [1.807, 2.05) is 18.2 Å². The summed E-state index contributed by atoms with van der Waals surface area (Å²) >= 11 is 0. The van der Waals surface area contributed by atoms with Crippen molar-refractivity contribution in [1.29, 1.82) is 0 Å². The summed E-state index contributed by atoms with van der Waals surface area (Å²) in [6.07, 6.45) is 1.56. The normalized spacial score (nSPS) is 14.5. The van der Waals surface area contributed by atoms with Crippen LogP contribution < -0.4 is 19.9 Å². The van der Waals surface area contributed by atoms with Gasteiger partial charge in [0, 0.05) is 7.05 Å². The first kappa shape index (κ1) is 20.7. The number of para-hydroxylation sites is 2. The Bertz CT molecular complexity index is 801. The van der Waals surface area contributed by atoms with Gasteiger partial charge in [0.15, 0.2) is 6.54 Å². The van der Waals surface area contributed by atoms with E-state index in [1.54, 1.807) is 32.6 Å². The van der Waals surface area contributed by atoms with E-state index >= 15 is 0 Å². The van der Waals surface area contributed by atoms with Gasteiger partial charge >= 0.3 is 0 Å². The number of methoxy groups -OCH3 is 1. The van der Waals surface area contributed by atoms with E-state index in [2.05, 4.69) is 16.3 Å². The minimum atomic E-state index is -0.201. The van der Waals surface area contributed by atoms with Gasteiger partial charge in [-0.25, -0.2) is 0 Å². The molecule has 2 amide bonds. The fourth-order valence-corrected chi connectivity index (χ4v) is 3.44. The fourth-order valence-electron chi connectivity index (χ4n) is 3.44. The summed E-state index contributed by atoms with van der Waals surface area (Å²) < 4.78 is 10.6. The van der Waals surface area contributed by atoms with Crippen molar-refractivity contribution in [3.8, 4) is 5.75 Å². The van der Waals surface area contributed by atoms with E-state index in [9.17, 15) is 9.59 Å². The van der Waals surface area contributed by atoms with Crippen LogP contribution in [0, 0.1) is 0 Å². The van der Waals surface area contributed by atoms with Gasteiger partial charge in [-0.15, -0.1) is 0 Å². The highest BCUT2D eigenvalue weighted by Gasteiger charge is 2.25. The molecule has 29 heavy (non-hydrogen) atoms. The van der Waals surface area contributed by atoms with Crippen molar-refractivity contribution in [1.82, 2.24) is 10.2 Å². The van der Waals surface area contributed by atoms with Crippen LogP contribution in [0.25, 0.3) is 0 Å². The number of quaternary nitrogens is 1. The van der Waals surface area contributed by atoms with Gasteiger partial charge in [0.05, 0.1) is 58.3 Å². The molecule has 1 aromatic carbocycles. The first-order valence-electron chi connectivity index (χ1n) is 9.81. The number of hydrogen-bond donors (Lipinski definition) is 2. The lowest BCUT2D eigenvalue weighted by molar-refractivity contribution is -0.892. The highest BCUT2D eigenvalue weighted by Crippen LogP contribution is 2.27. The Hall–Kier alpha value is -3.00. The molecule has 1 aromatic heterocycles. The molecule has 0 aliphatic carbocycles. The molecule has 1 aliphatic heterocycles. The lowest BCUT2D eigenvalue weighted by Gasteiger charge is -2.34. The molecule has 2 N–H and O–H groups in total. The van der Waals surface area contributed by atoms with Crippen LogP contribution in [0.4, 0.5) is 5.69 Å². The van der Waals surface area contributed by atoms with E-state index in [-0.39, 0.29) is 18.4 Å². The number of nitrogens with zero attached hydrogens (tertiary/aromatic N) is 2. The molecule has 8 heteroatoms. The summed E-state index contributed by atoms with van der Waals surface area (Å²) in [6.45, 7) is 4.20. The summed E-state index contributed by atoms with van der Waals surface area (Å²) in [6, 6.07) is 11.6. The van der Waals surface area contributed by atoms with Crippen molar-refractivity contribution in [3.63, 3.8) is 0 Å². The van der Waals surface area contributed by atoms with Crippen molar-refractivity contribution in [2.75, 3.05) is 58.3 Å². The lowest BCUT2D eigenvalue weighted by Crippen LogP contribution is -3.15. The van der Waals surface area contributed by atoms with Gasteiger partial charge in [0.1, 0.15) is 11.5 Å². The number of benzene rings is 1. The van der Waals surface area contributed by atoms with Crippen molar-refractivity contribution in [3.05, 3.63) is 48.4 Å². The standard InChI is InChI=1S/C21H28N4O4/c1-23(15-20(26)22-14-17-6-5-13-29-17)21(27)16-24-9-11-25(12-10-24)18-7-3-4-8-19(18)28-2/h3-8,13H,9-12,14-16H2,1-2H3,(H,22,26)/p+1. The van der Waals surface area contributed by atoms with Crippen LogP contribution in [-0.2, 0) is 16.1 Å². The van der Waals surface area contributed by atoms with Crippen LogP contribution in [0.15, 0.2) is 47.1 Å². The summed E-state index contributed by atoms with van der Waals surface area (Å²) in [7, 11) is 3.35. The Kier molecular flexibility index (Phi) is 7.13. The highest BCUT2D eigenvalue weighted by molar-refractivity contribution is 5.84. The first-order chi connectivity index (χ1) is 14.1. The number of ether oxygens (including phenoxy) is 1. The Labute approximate surface area is 171 Å². The maximum absolute atomic E-state index is 12.5. The second-order valence-corrected chi connectivity index (χ2v) is 7.19. The van der Waals surface area contributed by atoms with Gasteiger partial charge in [-0.2, -0.15) is 0 Å². The minimum Gasteiger partial charge on any atom is -0.495 e. The molecule has 156 valence electrons. The number of rotatable bonds is 8. The van der Waals surface area contributed by atoms with Gasteiger partial charge in [-0.1, -0.05) is 12.1 Å². The molecule has 1 aliphatic rings. The van der Waals surface area contributed by atoms with Crippen molar-refractivity contribution >= 4 is 17.5 Å². The van der Waals surface area contributed by atoms with Crippen LogP contribution in [-0.4, -0.2) is 70.1 Å². The van der Waals surface area contributed by atoms with Crippen LogP contribution >= 0.6 is 0 Å². The third kappa shape index (κ3) is 5.74. The molecule has 2 heterocycles. The number of furan rings is 1. The molecule has 1 fully saturated rings. The maximum atomic E-state index is 12.5. The predicted molar refractivity (Wildman–Crippen MR) is 109 cm³/mol. The Morgan fingerprint density at radius 3 is 2.66 bits per heavy atom. The Balaban J connectivity index is 1.41. The molecule has 0 unspecified atom stereocenters. The zero-order chi connectivity index (χ0) is 20.6. The lowest BCUT2D eigenvalue weighted by atomic mass is 10.2. The number of likely N-dealkylation sites (N-methyl/N-ethyl adjacent to an activating group) is 1. The fraction of sp³-hybridized carbons (Fsp3) is 0.429. The molecule has 0 saturated carbocycles. The molecule has 0 spiro atoms.